The van der Waals surface area contributed by atoms with E-state index in [1.165, 1.54) is 0 Å². The lowest BCUT2D eigenvalue weighted by Crippen LogP contribution is -2.46. The summed E-state index contributed by atoms with van der Waals surface area (Å²) in [5.41, 5.74) is 0.943. The Kier molecular flexibility index (Phi) is 3.51. The lowest BCUT2D eigenvalue weighted by Gasteiger charge is -2.37. The average molecular weight is 274 g/mol. The van der Waals surface area contributed by atoms with E-state index >= 15 is 0 Å². The summed E-state index contributed by atoms with van der Waals surface area (Å²) in [4.78, 5) is 2.16. The largest absolute Gasteiger partial charge is 0.454 e. The van der Waals surface area contributed by atoms with Crippen LogP contribution in [0.15, 0.2) is 18.2 Å². The van der Waals surface area contributed by atoms with Crippen LogP contribution >= 0.6 is 0 Å². The Bertz CT molecular complexity index is 530. The molecule has 5 heteroatoms. The van der Waals surface area contributed by atoms with Gasteiger partial charge in [0.15, 0.2) is 11.5 Å². The van der Waals surface area contributed by atoms with Crippen LogP contribution in [0.4, 0.5) is 0 Å². The Balaban J connectivity index is 1.84. The predicted octanol–water partition coefficient (Wildman–Crippen LogP) is 2.09. The molecule has 3 rings (SSSR count). The van der Waals surface area contributed by atoms with Crippen molar-refractivity contribution in [1.82, 2.24) is 4.90 Å². The molecule has 3 atom stereocenters. The maximum absolute atomic E-state index is 9.55. The summed E-state index contributed by atoms with van der Waals surface area (Å²) in [6.07, 6.45) is 0.284. The standard InChI is InChI=1S/C15H18N2O3/c1-10-7-17(8-11(2)20-10)13(6-16)12-3-4-14-15(5-12)19-9-18-14/h3-5,10-11,13H,7-9H2,1-2H3. The number of morpholine rings is 1. The zero-order chi connectivity index (χ0) is 14.1. The lowest BCUT2D eigenvalue weighted by molar-refractivity contribution is -0.0750. The highest BCUT2D eigenvalue weighted by Gasteiger charge is 2.29. The number of rotatable bonds is 2. The number of hydrogen-bond donors (Lipinski definition) is 0. The summed E-state index contributed by atoms with van der Waals surface area (Å²) in [5, 5.41) is 9.55. The molecule has 2 aliphatic rings. The molecule has 0 radical (unpaired) electrons. The maximum Gasteiger partial charge on any atom is 0.231 e. The quantitative estimate of drug-likeness (QED) is 0.826. The van der Waals surface area contributed by atoms with E-state index in [0.717, 1.165) is 30.2 Å². The van der Waals surface area contributed by atoms with Gasteiger partial charge in [0.05, 0.1) is 18.3 Å². The second-order valence-corrected chi connectivity index (χ2v) is 5.36. The van der Waals surface area contributed by atoms with Gasteiger partial charge in [-0.25, -0.2) is 0 Å². The zero-order valence-electron chi connectivity index (χ0n) is 11.7. The molecule has 5 nitrogen and oxygen atoms in total. The molecule has 1 aromatic carbocycles. The minimum Gasteiger partial charge on any atom is -0.454 e. The summed E-state index contributed by atoms with van der Waals surface area (Å²) >= 11 is 0. The molecule has 106 valence electrons. The average Bonchev–Trinajstić information content (AvgIpc) is 2.86. The Morgan fingerprint density at radius 2 is 1.90 bits per heavy atom. The van der Waals surface area contributed by atoms with E-state index in [2.05, 4.69) is 11.0 Å². The van der Waals surface area contributed by atoms with Gasteiger partial charge in [-0.3, -0.25) is 4.90 Å². The molecule has 3 unspecified atom stereocenters. The van der Waals surface area contributed by atoms with Crippen LogP contribution < -0.4 is 9.47 Å². The van der Waals surface area contributed by atoms with E-state index in [9.17, 15) is 5.26 Å². The van der Waals surface area contributed by atoms with Gasteiger partial charge >= 0.3 is 0 Å². The second-order valence-electron chi connectivity index (χ2n) is 5.36. The van der Waals surface area contributed by atoms with E-state index in [1.54, 1.807) is 0 Å². The van der Waals surface area contributed by atoms with Gasteiger partial charge in [0.1, 0.15) is 6.04 Å². The van der Waals surface area contributed by atoms with Gasteiger partial charge in [-0.15, -0.1) is 0 Å². The van der Waals surface area contributed by atoms with Gasteiger partial charge in [-0.2, -0.15) is 5.26 Å². The van der Waals surface area contributed by atoms with Crippen molar-refractivity contribution in [1.29, 1.82) is 5.26 Å². The van der Waals surface area contributed by atoms with E-state index in [1.807, 2.05) is 32.0 Å². The van der Waals surface area contributed by atoms with Crippen molar-refractivity contribution in [3.05, 3.63) is 23.8 Å². The van der Waals surface area contributed by atoms with Crippen molar-refractivity contribution in [2.24, 2.45) is 0 Å². The predicted molar refractivity (Wildman–Crippen MR) is 72.5 cm³/mol. The Morgan fingerprint density at radius 1 is 1.20 bits per heavy atom. The summed E-state index contributed by atoms with van der Waals surface area (Å²) in [7, 11) is 0. The van der Waals surface area contributed by atoms with Crippen molar-refractivity contribution in [2.75, 3.05) is 19.9 Å². The van der Waals surface area contributed by atoms with Gasteiger partial charge < -0.3 is 14.2 Å². The third kappa shape index (κ3) is 2.45. The molecule has 0 saturated carbocycles. The number of benzene rings is 1. The molecule has 0 amide bonds. The smallest absolute Gasteiger partial charge is 0.231 e. The third-order valence-electron chi connectivity index (χ3n) is 3.65. The zero-order valence-corrected chi connectivity index (χ0v) is 11.7. The normalized spacial score (nSPS) is 27.1. The van der Waals surface area contributed by atoms with Crippen LogP contribution in [0.3, 0.4) is 0 Å². The summed E-state index contributed by atoms with van der Waals surface area (Å²) < 4.78 is 16.4. The maximum atomic E-state index is 9.55. The highest BCUT2D eigenvalue weighted by atomic mass is 16.7. The number of nitriles is 1. The van der Waals surface area contributed by atoms with Crippen molar-refractivity contribution in [3.63, 3.8) is 0 Å². The van der Waals surface area contributed by atoms with Gasteiger partial charge in [0, 0.05) is 13.1 Å². The molecule has 2 aliphatic heterocycles. The fourth-order valence-corrected chi connectivity index (χ4v) is 2.88. The van der Waals surface area contributed by atoms with Crippen LogP contribution in [0, 0.1) is 11.3 Å². The van der Waals surface area contributed by atoms with Gasteiger partial charge in [0.2, 0.25) is 6.79 Å². The molecular weight excluding hydrogens is 256 g/mol. The first-order valence-electron chi connectivity index (χ1n) is 6.86. The molecule has 0 aliphatic carbocycles. The molecule has 0 N–H and O–H groups in total. The monoisotopic (exact) mass is 274 g/mol. The molecule has 1 fully saturated rings. The SMILES string of the molecule is CC1CN(C(C#N)c2ccc3c(c2)OCO3)CC(C)O1. The molecular formula is C15H18N2O3. The van der Waals surface area contributed by atoms with Crippen LogP contribution in [0.25, 0.3) is 0 Å². The Labute approximate surface area is 118 Å². The Hall–Kier alpha value is -1.77. The first-order chi connectivity index (χ1) is 9.67. The van der Waals surface area contributed by atoms with Crippen LogP contribution in [0.5, 0.6) is 11.5 Å². The van der Waals surface area contributed by atoms with Crippen LogP contribution in [0.2, 0.25) is 0 Å². The highest BCUT2D eigenvalue weighted by Crippen LogP contribution is 2.35. The first kappa shape index (κ1) is 13.2. The number of hydrogen-bond acceptors (Lipinski definition) is 5. The number of ether oxygens (including phenoxy) is 3. The van der Waals surface area contributed by atoms with Gasteiger partial charge in [-0.05, 0) is 31.5 Å². The minimum atomic E-state index is -0.279. The van der Waals surface area contributed by atoms with E-state index in [-0.39, 0.29) is 25.0 Å². The second kappa shape index (κ2) is 5.31. The molecule has 0 spiro atoms. The van der Waals surface area contributed by atoms with Crippen LogP contribution in [0.1, 0.15) is 25.5 Å². The molecule has 0 aromatic heterocycles. The summed E-state index contributed by atoms with van der Waals surface area (Å²) in [5.74, 6) is 1.46. The first-order valence-corrected chi connectivity index (χ1v) is 6.86. The molecule has 0 bridgehead atoms. The van der Waals surface area contributed by atoms with E-state index < -0.39 is 0 Å². The van der Waals surface area contributed by atoms with Crippen LogP contribution in [-0.4, -0.2) is 37.0 Å². The van der Waals surface area contributed by atoms with Gasteiger partial charge in [-0.1, -0.05) is 6.07 Å². The molecule has 2 heterocycles. The lowest BCUT2D eigenvalue weighted by atomic mass is 10.0. The summed E-state index contributed by atoms with van der Waals surface area (Å²) in [6.45, 7) is 5.85. The number of fused-ring (bicyclic) bond motifs is 1. The van der Waals surface area contributed by atoms with Crippen molar-refractivity contribution in [2.45, 2.75) is 32.1 Å². The third-order valence-corrected chi connectivity index (χ3v) is 3.65. The molecule has 20 heavy (non-hydrogen) atoms. The van der Waals surface area contributed by atoms with Crippen LogP contribution in [-0.2, 0) is 4.74 Å². The van der Waals surface area contributed by atoms with Gasteiger partial charge in [0.25, 0.3) is 0 Å². The van der Waals surface area contributed by atoms with Crippen molar-refractivity contribution < 1.29 is 14.2 Å². The minimum absolute atomic E-state index is 0.142. The van der Waals surface area contributed by atoms with E-state index in [4.69, 9.17) is 14.2 Å². The van der Waals surface area contributed by atoms with E-state index in [0.29, 0.717) is 0 Å². The van der Waals surface area contributed by atoms with Crippen molar-refractivity contribution in [3.8, 4) is 17.6 Å². The fourth-order valence-electron chi connectivity index (χ4n) is 2.88. The molecule has 1 saturated heterocycles. The summed E-state index contributed by atoms with van der Waals surface area (Å²) in [6, 6.07) is 7.83. The Morgan fingerprint density at radius 3 is 2.60 bits per heavy atom. The number of nitrogens with zero attached hydrogens (tertiary/aromatic N) is 2. The van der Waals surface area contributed by atoms with Crippen molar-refractivity contribution >= 4 is 0 Å². The fraction of sp³-hybridized carbons (Fsp3) is 0.533. The topological polar surface area (TPSA) is 54.7 Å². The highest BCUT2D eigenvalue weighted by molar-refractivity contribution is 5.46. The molecule has 1 aromatic rings.